The van der Waals surface area contributed by atoms with Crippen LogP contribution in [0.4, 0.5) is 0 Å². The summed E-state index contributed by atoms with van der Waals surface area (Å²) in [7, 11) is 1.67. The smallest absolute Gasteiger partial charge is 0.179 e. The largest absolute Gasteiger partial charge is 0.391 e. The second-order valence-electron chi connectivity index (χ2n) is 10.1. The highest BCUT2D eigenvalue weighted by Crippen LogP contribution is 2.35. The average molecular weight is 492 g/mol. The van der Waals surface area contributed by atoms with Crippen molar-refractivity contribution >= 4 is 0 Å². The summed E-state index contributed by atoms with van der Waals surface area (Å²) in [5.74, 6) is 0. The molecule has 3 heterocycles. The number of nitrogens with one attached hydrogen (secondary N) is 1. The van der Waals surface area contributed by atoms with Crippen LogP contribution in [0.3, 0.4) is 0 Å². The van der Waals surface area contributed by atoms with E-state index < -0.39 is 85.8 Å². The van der Waals surface area contributed by atoms with Gasteiger partial charge in [0.05, 0.1) is 42.5 Å². The number of rotatable bonds is 5. The van der Waals surface area contributed by atoms with Gasteiger partial charge in [-0.1, -0.05) is 0 Å². The minimum Gasteiger partial charge on any atom is -0.391 e. The Bertz CT molecular complexity index is 655. The molecule has 4 aliphatic rings. The molecule has 0 aromatic carbocycles. The Kier molecular flexibility index (Phi) is 8.47. The summed E-state index contributed by atoms with van der Waals surface area (Å²) >= 11 is 0. The molecule has 1 saturated carbocycles. The van der Waals surface area contributed by atoms with E-state index in [2.05, 4.69) is 5.32 Å². The highest BCUT2D eigenvalue weighted by Gasteiger charge is 2.52. The van der Waals surface area contributed by atoms with E-state index in [1.165, 1.54) is 0 Å². The fourth-order valence-corrected chi connectivity index (χ4v) is 5.42. The van der Waals surface area contributed by atoms with Crippen LogP contribution in [-0.2, 0) is 23.7 Å². The normalized spacial score (nSPS) is 54.4. The van der Waals surface area contributed by atoms with Crippen LogP contribution < -0.4 is 28.3 Å². The molecule has 11 unspecified atom stereocenters. The van der Waals surface area contributed by atoms with E-state index in [-0.39, 0.29) is 12.5 Å². The lowest BCUT2D eigenvalue weighted by Gasteiger charge is -2.51. The Morgan fingerprint density at radius 1 is 0.824 bits per heavy atom. The molecule has 3 saturated heterocycles. The SMILES string of the molecule is CNC1C(OC2CC(O)[C@H](N)C(C)O2)O[C@H]2CC(N)[C@@H](O[C@@H]3C(N)CC(N)CC3O)OC2C1O. The number of ether oxygens (including phenoxy) is 5. The number of hydrogen-bond acceptors (Lipinski definition) is 13. The van der Waals surface area contributed by atoms with Crippen LogP contribution in [0.15, 0.2) is 0 Å². The summed E-state index contributed by atoms with van der Waals surface area (Å²) in [4.78, 5) is 0. The molecule has 0 amide bonds. The Labute approximate surface area is 199 Å². The summed E-state index contributed by atoms with van der Waals surface area (Å²) in [5, 5.41) is 34.7. The van der Waals surface area contributed by atoms with Gasteiger partial charge in [0.15, 0.2) is 18.9 Å². The number of hydrogen-bond donors (Lipinski definition) is 8. The Morgan fingerprint density at radius 3 is 2.21 bits per heavy atom. The number of aliphatic hydroxyl groups is 3. The molecule has 3 aliphatic heterocycles. The molecule has 4 rings (SSSR count). The van der Waals surface area contributed by atoms with Crippen LogP contribution in [-0.4, -0.2) is 114 Å². The zero-order chi connectivity index (χ0) is 24.7. The molecule has 0 aromatic heterocycles. The van der Waals surface area contributed by atoms with Crippen molar-refractivity contribution < 1.29 is 39.0 Å². The maximum Gasteiger partial charge on any atom is 0.179 e. The Morgan fingerprint density at radius 2 is 1.56 bits per heavy atom. The van der Waals surface area contributed by atoms with Crippen molar-refractivity contribution in [3.8, 4) is 0 Å². The molecule has 0 radical (unpaired) electrons. The fourth-order valence-electron chi connectivity index (χ4n) is 5.42. The monoisotopic (exact) mass is 491 g/mol. The van der Waals surface area contributed by atoms with E-state index in [1.807, 2.05) is 0 Å². The van der Waals surface area contributed by atoms with Gasteiger partial charge in [-0.05, 0) is 33.2 Å². The fraction of sp³-hybridized carbons (Fsp3) is 1.00. The lowest BCUT2D eigenvalue weighted by atomic mass is 9.86. The zero-order valence-electron chi connectivity index (χ0n) is 19.7. The van der Waals surface area contributed by atoms with Crippen molar-refractivity contribution in [3.63, 3.8) is 0 Å². The van der Waals surface area contributed by atoms with Gasteiger partial charge in [-0.3, -0.25) is 0 Å². The van der Waals surface area contributed by atoms with Crippen molar-refractivity contribution in [2.75, 3.05) is 7.05 Å². The summed E-state index contributed by atoms with van der Waals surface area (Å²) in [6, 6.07) is -2.38. The second-order valence-corrected chi connectivity index (χ2v) is 10.1. The van der Waals surface area contributed by atoms with E-state index in [0.717, 1.165) is 0 Å². The van der Waals surface area contributed by atoms with Crippen molar-refractivity contribution in [1.29, 1.82) is 0 Å². The summed E-state index contributed by atoms with van der Waals surface area (Å²) in [6.07, 6.45) is -6.09. The zero-order valence-corrected chi connectivity index (χ0v) is 19.7. The molecule has 34 heavy (non-hydrogen) atoms. The van der Waals surface area contributed by atoms with E-state index in [0.29, 0.717) is 19.3 Å². The number of nitrogens with two attached hydrogens (primary N) is 4. The van der Waals surface area contributed by atoms with Crippen LogP contribution in [0.5, 0.6) is 0 Å². The van der Waals surface area contributed by atoms with E-state index >= 15 is 0 Å². The molecule has 198 valence electrons. The van der Waals surface area contributed by atoms with Crippen molar-refractivity contribution in [1.82, 2.24) is 5.32 Å². The molecule has 13 nitrogen and oxygen atoms in total. The van der Waals surface area contributed by atoms with Crippen LogP contribution >= 0.6 is 0 Å². The minimum atomic E-state index is -1.01. The Hall–Kier alpha value is -0.520. The molecule has 12 N–H and O–H groups in total. The van der Waals surface area contributed by atoms with E-state index in [1.54, 1.807) is 14.0 Å². The Balaban J connectivity index is 1.40. The summed E-state index contributed by atoms with van der Waals surface area (Å²) < 4.78 is 30.0. The van der Waals surface area contributed by atoms with E-state index in [4.69, 9.17) is 46.6 Å². The highest BCUT2D eigenvalue weighted by molar-refractivity contribution is 5.00. The minimum absolute atomic E-state index is 0.186. The topological polar surface area (TPSA) is 223 Å². The van der Waals surface area contributed by atoms with Crippen molar-refractivity contribution in [2.45, 2.75) is 124 Å². The van der Waals surface area contributed by atoms with Gasteiger partial charge in [-0.25, -0.2) is 0 Å². The first-order valence-electron chi connectivity index (χ1n) is 12.1. The quantitative estimate of drug-likeness (QED) is 0.185. The third kappa shape index (κ3) is 5.42. The number of aliphatic hydroxyl groups excluding tert-OH is 3. The molecule has 0 spiro atoms. The second kappa shape index (κ2) is 10.8. The van der Waals surface area contributed by atoms with Gasteiger partial charge >= 0.3 is 0 Å². The van der Waals surface area contributed by atoms with Crippen LogP contribution in [0, 0.1) is 0 Å². The standard InChI is InChI=1S/C21H41N5O8/c1-7-15(25)11(27)6-14(30-7)32-21-16(26-2)17(29)19-13(31-21)5-10(24)20(34-19)33-18-9(23)3-8(22)4-12(18)28/h7-21,26-29H,3-6,22-25H2,1-2H3/t7?,8?,9?,10?,11?,12?,13-,14?,15+,16?,17?,18+,19?,20-,21?/m0/s1. The number of fused-ring (bicyclic) bond motifs is 1. The van der Waals surface area contributed by atoms with Crippen molar-refractivity contribution in [3.05, 3.63) is 0 Å². The number of likely N-dealkylation sites (N-methyl/N-ethyl adjacent to an activating group) is 1. The predicted molar refractivity (Wildman–Crippen MR) is 119 cm³/mol. The molecular weight excluding hydrogens is 450 g/mol. The van der Waals surface area contributed by atoms with Gasteiger partial charge in [0.25, 0.3) is 0 Å². The lowest BCUT2D eigenvalue weighted by Crippen LogP contribution is -2.69. The first-order valence-corrected chi connectivity index (χ1v) is 12.1. The van der Waals surface area contributed by atoms with Gasteiger partial charge < -0.3 is 67.3 Å². The highest BCUT2D eigenvalue weighted by atomic mass is 16.8. The summed E-state index contributed by atoms with van der Waals surface area (Å²) in [5.41, 5.74) is 24.3. The molecule has 1 aliphatic carbocycles. The molecular formula is C21H41N5O8. The maximum absolute atomic E-state index is 11.1. The molecule has 4 fully saturated rings. The van der Waals surface area contributed by atoms with Crippen LogP contribution in [0.25, 0.3) is 0 Å². The summed E-state index contributed by atoms with van der Waals surface area (Å²) in [6.45, 7) is 1.77. The van der Waals surface area contributed by atoms with Crippen molar-refractivity contribution in [2.24, 2.45) is 22.9 Å². The third-order valence-electron chi connectivity index (χ3n) is 7.44. The van der Waals surface area contributed by atoms with Gasteiger partial charge in [-0.2, -0.15) is 0 Å². The van der Waals surface area contributed by atoms with Gasteiger partial charge in [-0.15, -0.1) is 0 Å². The van der Waals surface area contributed by atoms with Gasteiger partial charge in [0.1, 0.15) is 18.3 Å². The van der Waals surface area contributed by atoms with Gasteiger partial charge in [0, 0.05) is 18.5 Å². The molecule has 15 atom stereocenters. The maximum atomic E-state index is 11.1. The van der Waals surface area contributed by atoms with Crippen LogP contribution in [0.1, 0.15) is 32.6 Å². The van der Waals surface area contributed by atoms with Gasteiger partial charge in [0.2, 0.25) is 0 Å². The predicted octanol–water partition coefficient (Wildman–Crippen LogP) is -3.86. The first kappa shape index (κ1) is 26.5. The average Bonchev–Trinajstić information content (AvgIpc) is 2.75. The molecule has 13 heteroatoms. The van der Waals surface area contributed by atoms with Crippen LogP contribution in [0.2, 0.25) is 0 Å². The van der Waals surface area contributed by atoms with E-state index in [9.17, 15) is 15.3 Å². The molecule has 0 bridgehead atoms. The lowest BCUT2D eigenvalue weighted by molar-refractivity contribution is -0.359. The first-order chi connectivity index (χ1) is 16.1. The molecule has 0 aromatic rings. The third-order valence-corrected chi connectivity index (χ3v) is 7.44.